The van der Waals surface area contributed by atoms with Crippen molar-refractivity contribution in [1.29, 1.82) is 0 Å². The van der Waals surface area contributed by atoms with Crippen LogP contribution in [0, 0.1) is 20.2 Å². The molecule has 0 bridgehead atoms. The van der Waals surface area contributed by atoms with Gasteiger partial charge in [0.05, 0.1) is 13.0 Å². The van der Waals surface area contributed by atoms with E-state index in [9.17, 15) is 29.8 Å². The number of hydrogen-bond acceptors (Lipinski definition) is 11. The topological polar surface area (TPSA) is 183 Å². The van der Waals surface area contributed by atoms with Gasteiger partial charge in [0, 0.05) is 0 Å². The lowest BCUT2D eigenvalue weighted by Crippen LogP contribution is -2.24. The maximum atomic E-state index is 11.7. The molecule has 0 aliphatic heterocycles. The number of hydrogen-bond donors (Lipinski definition) is 1. The fourth-order valence-electron chi connectivity index (χ4n) is 2.15. The van der Waals surface area contributed by atoms with Crippen LogP contribution in [-0.4, -0.2) is 54.6 Å². The molecule has 13 heteroatoms. The van der Waals surface area contributed by atoms with E-state index in [0.29, 0.717) is 32.2 Å². The van der Waals surface area contributed by atoms with Crippen LogP contribution in [0.5, 0.6) is 0 Å². The molecule has 2 N–H and O–H groups in total. The van der Waals surface area contributed by atoms with E-state index in [-0.39, 0.29) is 25.9 Å². The van der Waals surface area contributed by atoms with Gasteiger partial charge in [0.25, 0.3) is 16.6 Å². The predicted octanol–water partition coefficient (Wildman–Crippen LogP) is 0.546. The largest absolute Gasteiger partial charge is 0.466 e. The van der Waals surface area contributed by atoms with Crippen LogP contribution in [0.2, 0.25) is 0 Å². The lowest BCUT2D eigenvalue weighted by molar-refractivity contribution is -0.790. The summed E-state index contributed by atoms with van der Waals surface area (Å²) >= 11 is 0. The van der Waals surface area contributed by atoms with Crippen molar-refractivity contribution in [3.05, 3.63) is 20.2 Å². The van der Waals surface area contributed by atoms with E-state index in [1.807, 2.05) is 0 Å². The maximum absolute atomic E-state index is 11.7. The van der Waals surface area contributed by atoms with Crippen molar-refractivity contribution in [2.45, 2.75) is 57.2 Å². The van der Waals surface area contributed by atoms with E-state index in [1.165, 1.54) is 0 Å². The summed E-state index contributed by atoms with van der Waals surface area (Å²) in [5.74, 6) is -0.538. The summed E-state index contributed by atoms with van der Waals surface area (Å²) in [4.78, 5) is 51.0. The number of nitrogens with zero attached hydrogens (tertiary/aromatic N) is 2. The minimum absolute atomic E-state index is 0.0523. The lowest BCUT2D eigenvalue weighted by atomic mass is 10.1. The van der Waals surface area contributed by atoms with Gasteiger partial charge in [-0.15, -0.1) is 20.2 Å². The molecule has 0 saturated heterocycles. The van der Waals surface area contributed by atoms with Crippen molar-refractivity contribution < 1.29 is 38.9 Å². The number of carbonyl (C=O) groups is 2. The Bertz CT molecular complexity index is 462. The molecule has 0 amide bonds. The third-order valence-electron chi connectivity index (χ3n) is 3.41. The quantitative estimate of drug-likeness (QED) is 0.112. The van der Waals surface area contributed by atoms with Crippen molar-refractivity contribution >= 4 is 12.4 Å². The SMILES string of the molecule is NCCCCC(CC(=O)OCCCCC(CO[N+](=O)[O-])O[N+](=O)[O-])OC=O. The number of carbonyl (C=O) groups excluding carboxylic acids is 2. The second-order valence-electron chi connectivity index (χ2n) is 5.53. The van der Waals surface area contributed by atoms with Gasteiger partial charge in [-0.1, -0.05) is 0 Å². The highest BCUT2D eigenvalue weighted by Gasteiger charge is 2.17. The summed E-state index contributed by atoms with van der Waals surface area (Å²) in [7, 11) is 0. The second kappa shape index (κ2) is 15.5. The van der Waals surface area contributed by atoms with Gasteiger partial charge in [-0.3, -0.25) is 9.59 Å². The Labute approximate surface area is 155 Å². The van der Waals surface area contributed by atoms with Crippen LogP contribution in [0.3, 0.4) is 0 Å². The molecule has 0 aromatic rings. The fraction of sp³-hybridized carbons (Fsp3) is 0.857. The van der Waals surface area contributed by atoms with Crippen LogP contribution in [0.25, 0.3) is 0 Å². The number of unbranched alkanes of at least 4 members (excludes halogenated alkanes) is 2. The Morgan fingerprint density at radius 2 is 1.70 bits per heavy atom. The average Bonchev–Trinajstić information content (AvgIpc) is 2.59. The number of rotatable bonds is 18. The summed E-state index contributed by atoms with van der Waals surface area (Å²) in [6.07, 6.45) is 1.07. The lowest BCUT2D eigenvalue weighted by Gasteiger charge is -2.15. The van der Waals surface area contributed by atoms with Gasteiger partial charge in [-0.25, -0.2) is 0 Å². The van der Waals surface area contributed by atoms with Crippen molar-refractivity contribution in [3.63, 3.8) is 0 Å². The average molecular weight is 395 g/mol. The normalized spacial score (nSPS) is 12.5. The number of nitrogens with two attached hydrogens (primary N) is 1. The number of esters is 1. The minimum Gasteiger partial charge on any atom is -0.466 e. The van der Waals surface area contributed by atoms with Gasteiger partial charge >= 0.3 is 5.97 Å². The molecule has 0 saturated carbocycles. The van der Waals surface area contributed by atoms with Crippen molar-refractivity contribution in [1.82, 2.24) is 0 Å². The van der Waals surface area contributed by atoms with Crippen LogP contribution in [-0.2, 0) is 28.7 Å². The molecule has 0 heterocycles. The molecule has 0 spiro atoms. The Morgan fingerprint density at radius 3 is 2.30 bits per heavy atom. The van der Waals surface area contributed by atoms with Crippen molar-refractivity contribution in [2.24, 2.45) is 5.73 Å². The molecule has 156 valence electrons. The zero-order chi connectivity index (χ0) is 20.5. The first-order valence-electron chi connectivity index (χ1n) is 8.42. The van der Waals surface area contributed by atoms with E-state index < -0.39 is 35.0 Å². The van der Waals surface area contributed by atoms with Crippen molar-refractivity contribution in [2.75, 3.05) is 19.8 Å². The zero-order valence-electron chi connectivity index (χ0n) is 14.9. The fourth-order valence-corrected chi connectivity index (χ4v) is 2.15. The molecule has 0 rings (SSSR count). The van der Waals surface area contributed by atoms with Gasteiger partial charge in [-0.05, 0) is 45.1 Å². The van der Waals surface area contributed by atoms with Gasteiger partial charge in [0.2, 0.25) is 0 Å². The Balaban J connectivity index is 4.03. The molecule has 13 nitrogen and oxygen atoms in total. The van der Waals surface area contributed by atoms with Gasteiger partial charge in [-0.2, -0.15) is 0 Å². The Morgan fingerprint density at radius 1 is 1.04 bits per heavy atom. The summed E-state index contributed by atoms with van der Waals surface area (Å²) in [5, 5.41) is 18.3. The summed E-state index contributed by atoms with van der Waals surface area (Å²) in [6.45, 7) is 0.271. The standard InChI is InChI=1S/C14H25N3O10/c15-7-3-1-5-12(25-11-18)9-14(19)24-8-4-2-6-13(27-17(22)23)10-26-16(20)21/h11-13H,1-10,15H2. The van der Waals surface area contributed by atoms with E-state index >= 15 is 0 Å². The highest BCUT2D eigenvalue weighted by Crippen LogP contribution is 2.10. The monoisotopic (exact) mass is 395 g/mol. The molecule has 0 fully saturated rings. The molecular formula is C14H25N3O10. The molecular weight excluding hydrogens is 370 g/mol. The summed E-state index contributed by atoms with van der Waals surface area (Å²) < 4.78 is 9.84. The van der Waals surface area contributed by atoms with E-state index in [4.69, 9.17) is 15.2 Å². The molecule has 27 heavy (non-hydrogen) atoms. The zero-order valence-corrected chi connectivity index (χ0v) is 14.9. The molecule has 0 aromatic heterocycles. The number of ether oxygens (including phenoxy) is 2. The highest BCUT2D eigenvalue weighted by atomic mass is 17.0. The summed E-state index contributed by atoms with van der Waals surface area (Å²) in [6, 6.07) is 0. The maximum Gasteiger partial charge on any atom is 0.309 e. The van der Waals surface area contributed by atoms with E-state index in [1.54, 1.807) is 0 Å². The molecule has 0 aliphatic carbocycles. The van der Waals surface area contributed by atoms with E-state index in [0.717, 1.165) is 6.42 Å². The van der Waals surface area contributed by atoms with Gasteiger partial charge in [0.1, 0.15) is 18.8 Å². The third-order valence-corrected chi connectivity index (χ3v) is 3.41. The van der Waals surface area contributed by atoms with Gasteiger partial charge in [0.15, 0.2) is 0 Å². The van der Waals surface area contributed by atoms with Crippen LogP contribution in [0.1, 0.15) is 44.9 Å². The molecule has 0 radical (unpaired) electrons. The van der Waals surface area contributed by atoms with E-state index in [2.05, 4.69) is 9.68 Å². The third kappa shape index (κ3) is 15.3. The van der Waals surface area contributed by atoms with Crippen LogP contribution >= 0.6 is 0 Å². The Hall–Kier alpha value is -2.70. The van der Waals surface area contributed by atoms with Crippen LogP contribution in [0.15, 0.2) is 0 Å². The first-order valence-corrected chi connectivity index (χ1v) is 8.42. The van der Waals surface area contributed by atoms with Gasteiger partial charge < -0.3 is 24.9 Å². The minimum atomic E-state index is -1.09. The first-order chi connectivity index (χ1) is 12.9. The van der Waals surface area contributed by atoms with Crippen LogP contribution in [0.4, 0.5) is 0 Å². The summed E-state index contributed by atoms with van der Waals surface area (Å²) in [5.41, 5.74) is 5.38. The smallest absolute Gasteiger partial charge is 0.309 e. The Kier molecular flexibility index (Phi) is 14.0. The first kappa shape index (κ1) is 24.3. The van der Waals surface area contributed by atoms with Crippen molar-refractivity contribution in [3.8, 4) is 0 Å². The second-order valence-corrected chi connectivity index (χ2v) is 5.53. The molecule has 2 atom stereocenters. The van der Waals surface area contributed by atoms with Crippen LogP contribution < -0.4 is 5.73 Å². The molecule has 0 aromatic carbocycles. The predicted molar refractivity (Wildman–Crippen MR) is 88.1 cm³/mol. The molecule has 0 aliphatic rings. The molecule has 2 unspecified atom stereocenters. The highest BCUT2D eigenvalue weighted by molar-refractivity contribution is 5.70.